The predicted octanol–water partition coefficient (Wildman–Crippen LogP) is 8.05. The zero-order valence-electron chi connectivity index (χ0n) is 22.4. The Balaban J connectivity index is 0.00000151. The average molecular weight is 571 g/mol. The third kappa shape index (κ3) is 5.39. The molecule has 3 aliphatic rings. The van der Waals surface area contributed by atoms with E-state index < -0.39 is 0 Å². The number of nitrogens with zero attached hydrogens (tertiary/aromatic N) is 3. The first-order valence-corrected chi connectivity index (χ1v) is 14.6. The van der Waals surface area contributed by atoms with Crippen LogP contribution in [0.2, 0.25) is 10.0 Å². The molecule has 3 aromatic rings. The van der Waals surface area contributed by atoms with Crippen LogP contribution in [0.1, 0.15) is 68.7 Å². The van der Waals surface area contributed by atoms with Crippen LogP contribution in [0.15, 0.2) is 55.3 Å². The van der Waals surface area contributed by atoms with Gasteiger partial charge in [-0.15, -0.1) is 6.58 Å². The summed E-state index contributed by atoms with van der Waals surface area (Å²) in [6, 6.07) is 10.5. The number of rotatable bonds is 9. The lowest BCUT2D eigenvalue weighted by Crippen LogP contribution is -2.43. The molecule has 2 aromatic carbocycles. The number of allylic oxidation sites excluding steroid dienone is 1. The van der Waals surface area contributed by atoms with Crippen molar-refractivity contribution in [1.82, 2.24) is 9.78 Å². The molecule has 0 N–H and O–H groups in total. The molecule has 3 atom stereocenters. The van der Waals surface area contributed by atoms with Crippen LogP contribution in [0, 0.1) is 11.7 Å². The van der Waals surface area contributed by atoms with Gasteiger partial charge in [0, 0.05) is 6.04 Å². The standard InChI is InChI=1S/C29H28Cl2FN3O2.C2H6/c1-2-3-5-17-8-11-25(24(32)12-17)34-19-13-20(29(34)36)27(14-19)37-16-26-21(18-9-10-18)15-33-35(26)28-22(30)6-4-7-23(28)31;1-2/h2,4,6-8,11-12,15,18-20,27H,1,3,5,9-10,13-14,16H2;1-2H3. The fourth-order valence-corrected chi connectivity index (χ4v) is 6.37. The average Bonchev–Trinajstić information content (AvgIpc) is 3.44. The largest absolute Gasteiger partial charge is 0.371 e. The Labute approximate surface area is 239 Å². The topological polar surface area (TPSA) is 47.4 Å². The quantitative estimate of drug-likeness (QED) is 0.245. The zero-order chi connectivity index (χ0) is 27.7. The van der Waals surface area contributed by atoms with Crippen LogP contribution in [0.25, 0.3) is 5.69 Å². The number of piperidine rings is 1. The van der Waals surface area contributed by atoms with Gasteiger partial charge in [0.25, 0.3) is 0 Å². The molecule has 206 valence electrons. The van der Waals surface area contributed by atoms with Crippen molar-refractivity contribution in [2.75, 3.05) is 4.90 Å². The van der Waals surface area contributed by atoms with E-state index in [1.165, 1.54) is 6.07 Å². The summed E-state index contributed by atoms with van der Waals surface area (Å²) < 4.78 is 23.1. The van der Waals surface area contributed by atoms with Crippen LogP contribution in [0.5, 0.6) is 0 Å². The van der Waals surface area contributed by atoms with E-state index in [0.717, 1.165) is 42.5 Å². The molecule has 3 fully saturated rings. The van der Waals surface area contributed by atoms with Gasteiger partial charge in [-0.05, 0) is 79.8 Å². The number of benzene rings is 2. The van der Waals surface area contributed by atoms with Crippen molar-refractivity contribution in [2.24, 2.45) is 5.92 Å². The van der Waals surface area contributed by atoms with Crippen LogP contribution in [-0.2, 0) is 22.6 Å². The SMILES string of the molecule is C=CCCc1ccc(N2C(=O)C3CC2CC3OCc2c(C3CC3)cnn2-c2c(Cl)cccc2Cl)c(F)c1.CC. The Hall–Kier alpha value is -2.67. The van der Waals surface area contributed by atoms with Gasteiger partial charge >= 0.3 is 0 Å². The third-order valence-electron chi connectivity index (χ3n) is 7.81. The molecule has 5 nitrogen and oxygen atoms in total. The Bertz CT molecular complexity index is 1350. The van der Waals surface area contributed by atoms with E-state index in [1.807, 2.05) is 32.2 Å². The highest BCUT2D eigenvalue weighted by molar-refractivity contribution is 6.37. The van der Waals surface area contributed by atoms with E-state index in [2.05, 4.69) is 11.7 Å². The van der Waals surface area contributed by atoms with Gasteiger partial charge in [0.1, 0.15) is 11.5 Å². The maximum absolute atomic E-state index is 15.0. The number of ether oxygens (including phenoxy) is 1. The summed E-state index contributed by atoms with van der Waals surface area (Å²) in [6.45, 7) is 8.03. The Morgan fingerprint density at radius 1 is 1.15 bits per heavy atom. The third-order valence-corrected chi connectivity index (χ3v) is 8.42. The van der Waals surface area contributed by atoms with E-state index >= 15 is 0 Å². The molecule has 39 heavy (non-hydrogen) atoms. The molecule has 6 rings (SSSR count). The minimum Gasteiger partial charge on any atom is -0.371 e. The van der Waals surface area contributed by atoms with Crippen LogP contribution in [-0.4, -0.2) is 27.8 Å². The van der Waals surface area contributed by atoms with Crippen LogP contribution >= 0.6 is 23.2 Å². The molecule has 1 aromatic heterocycles. The second kappa shape index (κ2) is 11.8. The number of fused-ring (bicyclic) bond motifs is 2. The summed E-state index contributed by atoms with van der Waals surface area (Å²) in [5, 5.41) is 5.64. The Morgan fingerprint density at radius 2 is 1.90 bits per heavy atom. The molecular weight excluding hydrogens is 536 g/mol. The minimum atomic E-state index is -0.352. The van der Waals surface area contributed by atoms with Crippen molar-refractivity contribution in [1.29, 1.82) is 0 Å². The second-order valence-corrected chi connectivity index (χ2v) is 11.0. The lowest BCUT2D eigenvalue weighted by atomic mass is 10.0. The van der Waals surface area contributed by atoms with E-state index in [-0.39, 0.29) is 29.8 Å². The van der Waals surface area contributed by atoms with Gasteiger partial charge in [-0.3, -0.25) is 4.79 Å². The molecule has 0 spiro atoms. The Kier molecular flexibility index (Phi) is 8.46. The van der Waals surface area contributed by atoms with Crippen LogP contribution in [0.4, 0.5) is 10.1 Å². The fraction of sp³-hybridized carbons (Fsp3) is 0.419. The van der Waals surface area contributed by atoms with Gasteiger partial charge < -0.3 is 9.64 Å². The number of aryl methyl sites for hydroxylation is 1. The van der Waals surface area contributed by atoms with Crippen LogP contribution < -0.4 is 4.90 Å². The monoisotopic (exact) mass is 569 g/mol. The van der Waals surface area contributed by atoms with Crippen molar-refractivity contribution >= 4 is 34.8 Å². The predicted molar refractivity (Wildman–Crippen MR) is 154 cm³/mol. The number of anilines is 1. The van der Waals surface area contributed by atoms with Gasteiger partial charge in [0.15, 0.2) is 0 Å². The highest BCUT2D eigenvalue weighted by atomic mass is 35.5. The van der Waals surface area contributed by atoms with Gasteiger partial charge in [-0.2, -0.15) is 5.10 Å². The second-order valence-electron chi connectivity index (χ2n) is 10.2. The number of carbonyl (C=O) groups excluding carboxylic acids is 1. The van der Waals surface area contributed by atoms with E-state index in [9.17, 15) is 9.18 Å². The maximum Gasteiger partial charge on any atom is 0.233 e. The number of hydrogen-bond acceptors (Lipinski definition) is 3. The van der Waals surface area contributed by atoms with Gasteiger partial charge in [0.2, 0.25) is 5.91 Å². The molecule has 2 saturated carbocycles. The molecule has 2 heterocycles. The van der Waals surface area contributed by atoms with Crippen molar-refractivity contribution in [2.45, 2.75) is 77.0 Å². The molecular formula is C31H34Cl2FN3O2. The number of hydrogen-bond donors (Lipinski definition) is 0. The zero-order valence-corrected chi connectivity index (χ0v) is 23.9. The lowest BCUT2D eigenvalue weighted by molar-refractivity contribution is -0.126. The summed E-state index contributed by atoms with van der Waals surface area (Å²) in [4.78, 5) is 15.0. The number of carbonyl (C=O) groups is 1. The number of amides is 1. The number of halogens is 3. The first-order valence-electron chi connectivity index (χ1n) is 13.8. The van der Waals surface area contributed by atoms with Crippen molar-refractivity contribution in [3.05, 3.63) is 87.9 Å². The maximum atomic E-state index is 15.0. The van der Waals surface area contributed by atoms with Crippen molar-refractivity contribution in [3.8, 4) is 5.69 Å². The van der Waals surface area contributed by atoms with Gasteiger partial charge in [-0.1, -0.05) is 55.3 Å². The molecule has 2 aliphatic carbocycles. The molecule has 3 unspecified atom stereocenters. The Morgan fingerprint density at radius 3 is 2.54 bits per heavy atom. The highest BCUT2D eigenvalue weighted by Crippen LogP contribution is 2.46. The van der Waals surface area contributed by atoms with Crippen molar-refractivity contribution < 1.29 is 13.9 Å². The molecule has 1 saturated heterocycles. The number of aromatic nitrogens is 2. The van der Waals surface area contributed by atoms with Gasteiger partial charge in [-0.25, -0.2) is 9.07 Å². The lowest BCUT2D eigenvalue weighted by Gasteiger charge is -2.32. The normalized spacial score (nSPS) is 21.7. The van der Waals surface area contributed by atoms with E-state index in [1.54, 1.807) is 33.8 Å². The summed E-state index contributed by atoms with van der Waals surface area (Å²) in [5.41, 5.74) is 3.97. The highest BCUT2D eigenvalue weighted by Gasteiger charge is 2.52. The number of para-hydroxylation sites is 1. The first kappa shape index (κ1) is 27.9. The summed E-state index contributed by atoms with van der Waals surface area (Å²) in [7, 11) is 0. The smallest absolute Gasteiger partial charge is 0.233 e. The molecule has 1 amide bonds. The molecule has 2 bridgehead atoms. The van der Waals surface area contributed by atoms with Gasteiger partial charge in [0.05, 0.1) is 46.3 Å². The molecule has 0 radical (unpaired) electrons. The van der Waals surface area contributed by atoms with Crippen molar-refractivity contribution in [3.63, 3.8) is 0 Å². The van der Waals surface area contributed by atoms with E-state index in [4.69, 9.17) is 27.9 Å². The molecule has 1 aliphatic heterocycles. The first-order chi connectivity index (χ1) is 19.0. The van der Waals surface area contributed by atoms with E-state index in [0.29, 0.717) is 46.8 Å². The molecule has 8 heteroatoms. The summed E-state index contributed by atoms with van der Waals surface area (Å²) in [6.07, 6.45) is 8.58. The summed E-state index contributed by atoms with van der Waals surface area (Å²) >= 11 is 13.0. The minimum absolute atomic E-state index is 0.0657. The van der Waals surface area contributed by atoms with Crippen LogP contribution in [0.3, 0.4) is 0 Å². The summed E-state index contributed by atoms with van der Waals surface area (Å²) in [5.74, 6) is -0.240. The fourth-order valence-electron chi connectivity index (χ4n) is 5.81.